The van der Waals surface area contributed by atoms with Crippen LogP contribution in [0.15, 0.2) is 56.6 Å². The van der Waals surface area contributed by atoms with Crippen molar-refractivity contribution in [2.24, 2.45) is 0 Å². The SMILES string of the molecule is CCn1c(=O)oc2cc(S(=O)(=O)N(C)c3ccc(F)cc3)ccc21. The second kappa shape index (κ2) is 5.79. The summed E-state index contributed by atoms with van der Waals surface area (Å²) >= 11 is 0. The van der Waals surface area contributed by atoms with Crippen LogP contribution in [-0.4, -0.2) is 20.0 Å². The average molecular weight is 350 g/mol. The topological polar surface area (TPSA) is 72.5 Å². The Kier molecular flexibility index (Phi) is 3.92. The Morgan fingerprint density at radius 3 is 2.46 bits per heavy atom. The van der Waals surface area contributed by atoms with Crippen molar-refractivity contribution in [3.05, 3.63) is 58.8 Å². The lowest BCUT2D eigenvalue weighted by Crippen LogP contribution is -2.26. The van der Waals surface area contributed by atoms with Crippen LogP contribution in [0.5, 0.6) is 0 Å². The van der Waals surface area contributed by atoms with Gasteiger partial charge in [-0.25, -0.2) is 17.6 Å². The van der Waals surface area contributed by atoms with Crippen molar-refractivity contribution < 1.29 is 17.2 Å². The molecule has 24 heavy (non-hydrogen) atoms. The first-order valence-electron chi connectivity index (χ1n) is 7.22. The first-order valence-corrected chi connectivity index (χ1v) is 8.66. The molecule has 6 nitrogen and oxygen atoms in total. The molecular formula is C16H15FN2O4S. The fraction of sp³-hybridized carbons (Fsp3) is 0.188. The van der Waals surface area contributed by atoms with Crippen molar-refractivity contribution in [2.45, 2.75) is 18.4 Å². The normalized spacial score (nSPS) is 11.8. The van der Waals surface area contributed by atoms with Gasteiger partial charge in [0.25, 0.3) is 10.0 Å². The third kappa shape index (κ3) is 2.58. The summed E-state index contributed by atoms with van der Waals surface area (Å²) in [5.74, 6) is -0.984. The Morgan fingerprint density at radius 1 is 1.17 bits per heavy atom. The summed E-state index contributed by atoms with van der Waals surface area (Å²) in [6, 6.07) is 9.39. The van der Waals surface area contributed by atoms with E-state index < -0.39 is 21.6 Å². The van der Waals surface area contributed by atoms with Crippen LogP contribution in [0.25, 0.3) is 11.1 Å². The van der Waals surface area contributed by atoms with Crippen LogP contribution in [0.3, 0.4) is 0 Å². The second-order valence-electron chi connectivity index (χ2n) is 5.19. The van der Waals surface area contributed by atoms with Gasteiger partial charge in [0.2, 0.25) is 0 Å². The Hall–Kier alpha value is -2.61. The number of aromatic nitrogens is 1. The summed E-state index contributed by atoms with van der Waals surface area (Å²) in [6.45, 7) is 2.22. The van der Waals surface area contributed by atoms with Crippen LogP contribution in [0, 0.1) is 5.82 Å². The molecule has 126 valence electrons. The van der Waals surface area contributed by atoms with E-state index in [-0.39, 0.29) is 10.5 Å². The standard InChI is InChI=1S/C16H15FN2O4S/c1-3-19-14-9-8-13(10-15(14)23-16(19)20)24(21,22)18(2)12-6-4-11(17)5-7-12/h4-10H,3H2,1-2H3. The lowest BCUT2D eigenvalue weighted by molar-refractivity contribution is 0.512. The van der Waals surface area contributed by atoms with Gasteiger partial charge in [-0.05, 0) is 43.3 Å². The smallest absolute Gasteiger partial charge is 0.408 e. The van der Waals surface area contributed by atoms with Crippen molar-refractivity contribution in [1.82, 2.24) is 4.57 Å². The summed E-state index contributed by atoms with van der Waals surface area (Å²) in [4.78, 5) is 11.7. The highest BCUT2D eigenvalue weighted by Crippen LogP contribution is 2.25. The quantitative estimate of drug-likeness (QED) is 0.725. The van der Waals surface area contributed by atoms with E-state index in [1.807, 2.05) is 0 Å². The molecular weight excluding hydrogens is 335 g/mol. The molecule has 0 spiro atoms. The first kappa shape index (κ1) is 16.3. The molecule has 3 aromatic rings. The first-order chi connectivity index (χ1) is 11.3. The summed E-state index contributed by atoms with van der Waals surface area (Å²) in [7, 11) is -2.49. The van der Waals surface area contributed by atoms with Gasteiger partial charge in [0.15, 0.2) is 5.58 Å². The van der Waals surface area contributed by atoms with E-state index in [9.17, 15) is 17.6 Å². The van der Waals surface area contributed by atoms with Crippen molar-refractivity contribution in [2.75, 3.05) is 11.4 Å². The van der Waals surface area contributed by atoms with Gasteiger partial charge >= 0.3 is 5.76 Å². The minimum atomic E-state index is -3.87. The lowest BCUT2D eigenvalue weighted by atomic mass is 10.3. The van der Waals surface area contributed by atoms with E-state index in [0.29, 0.717) is 17.7 Å². The van der Waals surface area contributed by atoms with Gasteiger partial charge in [-0.2, -0.15) is 0 Å². The summed E-state index contributed by atoms with van der Waals surface area (Å²) < 4.78 is 46.0. The van der Waals surface area contributed by atoms with E-state index in [1.165, 1.54) is 54.1 Å². The molecule has 0 aliphatic heterocycles. The fourth-order valence-corrected chi connectivity index (χ4v) is 3.67. The zero-order chi connectivity index (χ0) is 17.5. The molecule has 0 saturated carbocycles. The maximum atomic E-state index is 13.0. The number of benzene rings is 2. The van der Waals surface area contributed by atoms with Crippen molar-refractivity contribution >= 4 is 26.8 Å². The van der Waals surface area contributed by atoms with Crippen molar-refractivity contribution in [1.29, 1.82) is 0 Å². The van der Waals surface area contributed by atoms with Crippen LogP contribution < -0.4 is 10.1 Å². The monoisotopic (exact) mass is 350 g/mol. The van der Waals surface area contributed by atoms with Crippen LogP contribution in [0.4, 0.5) is 10.1 Å². The molecule has 0 fully saturated rings. The zero-order valence-electron chi connectivity index (χ0n) is 13.1. The number of oxazole rings is 1. The maximum Gasteiger partial charge on any atom is 0.419 e. The van der Waals surface area contributed by atoms with Gasteiger partial charge in [0, 0.05) is 19.7 Å². The Morgan fingerprint density at radius 2 is 1.83 bits per heavy atom. The molecule has 0 bridgehead atoms. The molecule has 0 N–H and O–H groups in total. The van der Waals surface area contributed by atoms with Crippen LogP contribution in [-0.2, 0) is 16.6 Å². The summed E-state index contributed by atoms with van der Waals surface area (Å²) in [6.07, 6.45) is 0. The third-order valence-corrected chi connectivity index (χ3v) is 5.59. The number of nitrogens with zero attached hydrogens (tertiary/aromatic N) is 2. The zero-order valence-corrected chi connectivity index (χ0v) is 13.9. The molecule has 0 aliphatic carbocycles. The van der Waals surface area contributed by atoms with Crippen molar-refractivity contribution in [3.63, 3.8) is 0 Å². The van der Waals surface area contributed by atoms with Crippen LogP contribution >= 0.6 is 0 Å². The highest BCUT2D eigenvalue weighted by atomic mass is 32.2. The predicted octanol–water partition coefficient (Wildman–Crippen LogP) is 2.58. The molecule has 0 atom stereocenters. The molecule has 0 unspecified atom stereocenters. The molecule has 0 saturated heterocycles. The number of halogens is 1. The molecule has 0 amide bonds. The largest absolute Gasteiger partial charge is 0.419 e. The molecule has 8 heteroatoms. The van der Waals surface area contributed by atoms with Crippen molar-refractivity contribution in [3.8, 4) is 0 Å². The summed E-state index contributed by atoms with van der Waals surface area (Å²) in [5, 5.41) is 0. The van der Waals surface area contributed by atoms with E-state index in [2.05, 4.69) is 0 Å². The third-order valence-electron chi connectivity index (χ3n) is 3.80. The van der Waals surface area contributed by atoms with E-state index in [1.54, 1.807) is 6.92 Å². The molecule has 1 heterocycles. The van der Waals surface area contributed by atoms with E-state index in [4.69, 9.17) is 4.42 Å². The average Bonchev–Trinajstić information content (AvgIpc) is 2.88. The number of hydrogen-bond donors (Lipinski definition) is 0. The molecule has 0 radical (unpaired) electrons. The highest BCUT2D eigenvalue weighted by molar-refractivity contribution is 7.92. The van der Waals surface area contributed by atoms with Gasteiger partial charge in [-0.3, -0.25) is 8.87 Å². The minimum absolute atomic E-state index is 0.0150. The van der Waals surface area contributed by atoms with E-state index >= 15 is 0 Å². The molecule has 2 aromatic carbocycles. The highest BCUT2D eigenvalue weighted by Gasteiger charge is 2.23. The molecule has 1 aromatic heterocycles. The van der Waals surface area contributed by atoms with Gasteiger partial charge in [-0.15, -0.1) is 0 Å². The number of rotatable bonds is 4. The molecule has 3 rings (SSSR count). The summed E-state index contributed by atoms with van der Waals surface area (Å²) in [5.41, 5.74) is 1.06. The van der Waals surface area contributed by atoms with E-state index in [0.717, 1.165) is 4.31 Å². The second-order valence-corrected chi connectivity index (χ2v) is 7.16. The Balaban J connectivity index is 2.07. The van der Waals surface area contributed by atoms with Crippen LogP contribution in [0.1, 0.15) is 6.92 Å². The fourth-order valence-electron chi connectivity index (χ4n) is 2.45. The van der Waals surface area contributed by atoms with Gasteiger partial charge in [-0.1, -0.05) is 0 Å². The maximum absolute atomic E-state index is 13.0. The van der Waals surface area contributed by atoms with Crippen LogP contribution in [0.2, 0.25) is 0 Å². The molecule has 0 aliphatic rings. The predicted molar refractivity (Wildman–Crippen MR) is 88.1 cm³/mol. The van der Waals surface area contributed by atoms with Gasteiger partial charge in [0.1, 0.15) is 5.82 Å². The lowest BCUT2D eigenvalue weighted by Gasteiger charge is -2.19. The van der Waals surface area contributed by atoms with Gasteiger partial charge < -0.3 is 4.42 Å². The Bertz CT molecular complexity index is 1050. The van der Waals surface area contributed by atoms with Gasteiger partial charge in [0.05, 0.1) is 16.1 Å². The number of fused-ring (bicyclic) bond motifs is 1. The Labute approximate surface area is 137 Å². The number of sulfonamides is 1. The minimum Gasteiger partial charge on any atom is -0.408 e. The number of anilines is 1. The number of hydrogen-bond acceptors (Lipinski definition) is 4. The number of aryl methyl sites for hydroxylation is 1.